The highest BCUT2D eigenvalue weighted by atomic mass is 16.2. The van der Waals surface area contributed by atoms with Crippen molar-refractivity contribution < 1.29 is 9.59 Å². The van der Waals surface area contributed by atoms with Crippen LogP contribution in [0, 0.1) is 5.41 Å². The highest BCUT2D eigenvalue weighted by molar-refractivity contribution is 6.09. The van der Waals surface area contributed by atoms with Crippen molar-refractivity contribution in [2.75, 3.05) is 0 Å². The van der Waals surface area contributed by atoms with Gasteiger partial charge in [-0.15, -0.1) is 0 Å². The van der Waals surface area contributed by atoms with Crippen molar-refractivity contribution in [2.24, 2.45) is 10.4 Å². The lowest BCUT2D eigenvalue weighted by atomic mass is 9.81. The Labute approximate surface area is 138 Å². The Morgan fingerprint density at radius 1 is 1.30 bits per heavy atom. The van der Waals surface area contributed by atoms with Gasteiger partial charge in [-0.1, -0.05) is 26.8 Å². The van der Waals surface area contributed by atoms with E-state index in [9.17, 15) is 9.59 Å². The lowest BCUT2D eigenvalue weighted by Crippen LogP contribution is -2.63. The van der Waals surface area contributed by atoms with E-state index in [0.29, 0.717) is 5.84 Å². The number of rotatable bonds is 3. The fourth-order valence-electron chi connectivity index (χ4n) is 3.49. The van der Waals surface area contributed by atoms with Gasteiger partial charge in [-0.05, 0) is 44.8 Å². The van der Waals surface area contributed by atoms with Crippen LogP contribution in [0.2, 0.25) is 0 Å². The lowest BCUT2D eigenvalue weighted by Gasteiger charge is -2.44. The van der Waals surface area contributed by atoms with Gasteiger partial charge in [0.2, 0.25) is 5.91 Å². The first-order chi connectivity index (χ1) is 10.4. The highest BCUT2D eigenvalue weighted by Gasteiger charge is 2.46. The summed E-state index contributed by atoms with van der Waals surface area (Å²) in [5, 5.41) is 3.13. The second kappa shape index (κ2) is 5.62. The largest absolute Gasteiger partial charge is 0.349 e. The van der Waals surface area contributed by atoms with Crippen LogP contribution in [0.4, 0.5) is 0 Å². The summed E-state index contributed by atoms with van der Waals surface area (Å²) in [6, 6.07) is 0. The van der Waals surface area contributed by atoms with E-state index in [4.69, 9.17) is 0 Å². The third-order valence-electron chi connectivity index (χ3n) is 4.02. The molecule has 0 fully saturated rings. The average Bonchev–Trinajstić information content (AvgIpc) is 2.34. The van der Waals surface area contributed by atoms with E-state index in [1.54, 1.807) is 17.9 Å². The molecule has 5 heteroatoms. The first kappa shape index (κ1) is 17.4. The highest BCUT2D eigenvalue weighted by Crippen LogP contribution is 2.31. The van der Waals surface area contributed by atoms with Crippen LogP contribution >= 0.6 is 0 Å². The van der Waals surface area contributed by atoms with Gasteiger partial charge in [-0.3, -0.25) is 9.59 Å². The maximum Gasteiger partial charge on any atom is 0.250 e. The molecular weight excluding hydrogens is 290 g/mol. The Kier molecular flexibility index (Phi) is 4.26. The Balaban J connectivity index is 2.24. The number of amidine groups is 1. The second-order valence-electron chi connectivity index (χ2n) is 8.46. The molecule has 0 radical (unpaired) electrons. The molecule has 2 rings (SSSR count). The minimum Gasteiger partial charge on any atom is -0.349 e. The molecule has 2 aliphatic rings. The van der Waals surface area contributed by atoms with Gasteiger partial charge < -0.3 is 10.2 Å². The van der Waals surface area contributed by atoms with Crippen LogP contribution in [0.15, 0.2) is 29.4 Å². The minimum atomic E-state index is -0.954. The van der Waals surface area contributed by atoms with E-state index in [1.165, 1.54) is 0 Å². The van der Waals surface area contributed by atoms with E-state index in [1.807, 2.05) is 32.2 Å². The molecule has 2 amide bonds. The van der Waals surface area contributed by atoms with Crippen LogP contribution < -0.4 is 5.32 Å². The van der Waals surface area contributed by atoms with Crippen LogP contribution in [0.3, 0.4) is 0 Å². The number of carbonyl (C=O) groups excluding carboxylic acids is 2. The molecule has 0 bridgehead atoms. The first-order valence-corrected chi connectivity index (χ1v) is 8.01. The van der Waals surface area contributed by atoms with Gasteiger partial charge >= 0.3 is 0 Å². The molecule has 5 nitrogen and oxygen atoms in total. The molecule has 1 unspecified atom stereocenters. The fraction of sp³-hybridized carbons (Fsp3) is 0.611. The number of hydrogen-bond donors (Lipinski definition) is 1. The Bertz CT molecular complexity index is 608. The van der Waals surface area contributed by atoms with E-state index >= 15 is 0 Å². The van der Waals surface area contributed by atoms with Crippen molar-refractivity contribution in [3.63, 3.8) is 0 Å². The summed E-state index contributed by atoms with van der Waals surface area (Å²) in [6.45, 7) is 12.3. The number of fused-ring (bicyclic) bond motifs is 1. The van der Waals surface area contributed by atoms with Crippen LogP contribution in [0.5, 0.6) is 0 Å². The zero-order chi connectivity index (χ0) is 17.5. The number of hydrogen-bond acceptors (Lipinski definition) is 3. The molecule has 23 heavy (non-hydrogen) atoms. The summed E-state index contributed by atoms with van der Waals surface area (Å²) in [4.78, 5) is 30.8. The fourth-order valence-corrected chi connectivity index (χ4v) is 3.49. The summed E-state index contributed by atoms with van der Waals surface area (Å²) < 4.78 is 0. The van der Waals surface area contributed by atoms with Crippen molar-refractivity contribution in [3.05, 3.63) is 24.4 Å². The Morgan fingerprint density at radius 3 is 2.57 bits per heavy atom. The summed E-state index contributed by atoms with van der Waals surface area (Å²) in [5.74, 6) is 0.116. The van der Waals surface area contributed by atoms with Gasteiger partial charge in [-0.25, -0.2) is 0 Å². The molecule has 0 aromatic rings. The Hall–Kier alpha value is -1.91. The summed E-state index contributed by atoms with van der Waals surface area (Å²) in [7, 11) is 0. The summed E-state index contributed by atoms with van der Waals surface area (Å²) >= 11 is 0. The quantitative estimate of drug-likeness (QED) is 0.870. The minimum absolute atomic E-state index is 0.0755. The number of aliphatic imine (C=N–C) groups is 1. The van der Waals surface area contributed by atoms with Crippen LogP contribution in [0.25, 0.3) is 0 Å². The van der Waals surface area contributed by atoms with Gasteiger partial charge in [0.25, 0.3) is 5.91 Å². The number of allylic oxidation sites excluding steroid dienone is 2. The number of amides is 2. The standard InChI is InChI=1S/C18H27N3O2/c1-16(2,3)12-17(4,5)20-15(23)18(6)11-14(22)19-13-9-7-8-10-21(13)18/h7-10H,11-12H2,1-6H3,(H,20,23). The van der Waals surface area contributed by atoms with Gasteiger partial charge in [0, 0.05) is 11.7 Å². The third-order valence-corrected chi connectivity index (χ3v) is 4.02. The van der Waals surface area contributed by atoms with Crippen LogP contribution in [-0.4, -0.2) is 33.6 Å². The molecule has 2 aliphatic heterocycles. The van der Waals surface area contributed by atoms with Crippen molar-refractivity contribution in [1.82, 2.24) is 10.2 Å². The van der Waals surface area contributed by atoms with Gasteiger partial charge in [-0.2, -0.15) is 4.99 Å². The van der Waals surface area contributed by atoms with Gasteiger partial charge in [0.15, 0.2) is 0 Å². The predicted octanol–water partition coefficient (Wildman–Crippen LogP) is 2.79. The summed E-state index contributed by atoms with van der Waals surface area (Å²) in [6.07, 6.45) is 8.14. The van der Waals surface area contributed by atoms with Crippen molar-refractivity contribution >= 4 is 17.6 Å². The van der Waals surface area contributed by atoms with Gasteiger partial charge in [0.1, 0.15) is 11.4 Å². The molecule has 0 aromatic carbocycles. The second-order valence-corrected chi connectivity index (χ2v) is 8.46. The van der Waals surface area contributed by atoms with Crippen molar-refractivity contribution in [2.45, 2.75) is 65.5 Å². The first-order valence-electron chi connectivity index (χ1n) is 8.01. The topological polar surface area (TPSA) is 61.8 Å². The van der Waals surface area contributed by atoms with E-state index in [-0.39, 0.29) is 29.2 Å². The zero-order valence-corrected chi connectivity index (χ0v) is 14.9. The monoisotopic (exact) mass is 317 g/mol. The average molecular weight is 317 g/mol. The van der Waals surface area contributed by atoms with E-state index < -0.39 is 5.54 Å². The molecule has 0 saturated heterocycles. The number of nitrogens with one attached hydrogen (secondary N) is 1. The molecular formula is C18H27N3O2. The molecule has 1 N–H and O–H groups in total. The molecule has 1 atom stereocenters. The van der Waals surface area contributed by atoms with Crippen LogP contribution in [0.1, 0.15) is 54.4 Å². The molecule has 0 aliphatic carbocycles. The maximum absolute atomic E-state index is 13.0. The third kappa shape index (κ3) is 3.89. The van der Waals surface area contributed by atoms with E-state index in [0.717, 1.165) is 6.42 Å². The lowest BCUT2D eigenvalue weighted by molar-refractivity contribution is -0.136. The SMILES string of the molecule is CC(C)(C)CC(C)(C)NC(=O)C1(C)CC(=O)N=C2C=CC=CN21. The molecule has 0 aromatic heterocycles. The molecule has 126 valence electrons. The normalized spacial score (nSPS) is 24.3. The van der Waals surface area contributed by atoms with Crippen molar-refractivity contribution in [3.8, 4) is 0 Å². The maximum atomic E-state index is 13.0. The Morgan fingerprint density at radius 2 is 1.96 bits per heavy atom. The number of nitrogens with zero attached hydrogens (tertiary/aromatic N) is 2. The zero-order valence-electron chi connectivity index (χ0n) is 14.9. The summed E-state index contributed by atoms with van der Waals surface area (Å²) in [5.41, 5.74) is -1.21. The molecule has 0 saturated carbocycles. The van der Waals surface area contributed by atoms with Gasteiger partial charge in [0.05, 0.1) is 6.42 Å². The number of carbonyl (C=O) groups is 2. The molecule has 2 heterocycles. The smallest absolute Gasteiger partial charge is 0.250 e. The predicted molar refractivity (Wildman–Crippen MR) is 91.9 cm³/mol. The van der Waals surface area contributed by atoms with Crippen LogP contribution in [-0.2, 0) is 9.59 Å². The molecule has 0 spiro atoms. The van der Waals surface area contributed by atoms with E-state index in [2.05, 4.69) is 31.1 Å². The van der Waals surface area contributed by atoms with Crippen molar-refractivity contribution in [1.29, 1.82) is 0 Å².